The van der Waals surface area contributed by atoms with Crippen molar-refractivity contribution in [3.05, 3.63) is 24.3 Å². The highest BCUT2D eigenvalue weighted by Crippen LogP contribution is 2.15. The quantitative estimate of drug-likeness (QED) is 0.0266. The summed E-state index contributed by atoms with van der Waals surface area (Å²) in [5.74, 6) is -0.873. The lowest BCUT2D eigenvalue weighted by Gasteiger charge is -2.18. The second-order valence-electron chi connectivity index (χ2n) is 16.0. The summed E-state index contributed by atoms with van der Waals surface area (Å²) in [6, 6.07) is 0. The Morgan fingerprint density at radius 1 is 0.364 bits per heavy atom. The molecule has 0 saturated carbocycles. The minimum absolute atomic E-state index is 0.0693. The third-order valence-corrected chi connectivity index (χ3v) is 10.5. The third kappa shape index (κ3) is 42.9. The first-order valence-corrected chi connectivity index (χ1v) is 23.8. The van der Waals surface area contributed by atoms with E-state index in [1.807, 2.05) is 0 Å². The molecule has 0 bridgehead atoms. The number of hydrogen-bond acceptors (Lipinski definition) is 6. The summed E-state index contributed by atoms with van der Waals surface area (Å²) in [5, 5.41) is 0. The van der Waals surface area contributed by atoms with E-state index in [2.05, 4.69) is 45.1 Å². The van der Waals surface area contributed by atoms with Crippen molar-refractivity contribution < 1.29 is 28.6 Å². The van der Waals surface area contributed by atoms with Crippen LogP contribution in [0, 0.1) is 0 Å². The summed E-state index contributed by atoms with van der Waals surface area (Å²) < 4.78 is 16.7. The van der Waals surface area contributed by atoms with Crippen molar-refractivity contribution in [1.29, 1.82) is 0 Å². The molecule has 0 spiro atoms. The van der Waals surface area contributed by atoms with Crippen LogP contribution in [0.1, 0.15) is 252 Å². The smallest absolute Gasteiger partial charge is 0.306 e. The molecule has 6 nitrogen and oxygen atoms in total. The van der Waals surface area contributed by atoms with Crippen LogP contribution in [0.3, 0.4) is 0 Å². The van der Waals surface area contributed by atoms with Crippen molar-refractivity contribution in [3.63, 3.8) is 0 Å². The van der Waals surface area contributed by atoms with E-state index in [9.17, 15) is 14.4 Å². The SMILES string of the molecule is CCCCC/C=C\C/C=C\CCCCCCCCCCCC(=O)OCC(COC(=O)CCCCCCCCC)OC(=O)CCCCCCCCCCCCC. The first-order valence-electron chi connectivity index (χ1n) is 23.8. The zero-order valence-corrected chi connectivity index (χ0v) is 36.7. The van der Waals surface area contributed by atoms with Gasteiger partial charge < -0.3 is 14.2 Å². The van der Waals surface area contributed by atoms with Gasteiger partial charge in [0, 0.05) is 19.3 Å². The van der Waals surface area contributed by atoms with Gasteiger partial charge in [-0.15, -0.1) is 0 Å². The maximum atomic E-state index is 12.7. The highest BCUT2D eigenvalue weighted by atomic mass is 16.6. The maximum absolute atomic E-state index is 12.7. The molecule has 0 saturated heterocycles. The molecule has 6 heteroatoms. The van der Waals surface area contributed by atoms with Crippen molar-refractivity contribution in [2.45, 2.75) is 258 Å². The number of carbonyl (C=O) groups is 3. The maximum Gasteiger partial charge on any atom is 0.306 e. The molecule has 0 heterocycles. The summed E-state index contributed by atoms with van der Waals surface area (Å²) in [5.41, 5.74) is 0. The van der Waals surface area contributed by atoms with Crippen LogP contribution >= 0.6 is 0 Å². The summed E-state index contributed by atoms with van der Waals surface area (Å²) in [6.45, 7) is 6.57. The van der Waals surface area contributed by atoms with Crippen LogP contribution in [0.2, 0.25) is 0 Å². The van der Waals surface area contributed by atoms with Crippen molar-refractivity contribution >= 4 is 17.9 Å². The third-order valence-electron chi connectivity index (χ3n) is 10.5. The Morgan fingerprint density at radius 2 is 0.655 bits per heavy atom. The van der Waals surface area contributed by atoms with E-state index in [0.29, 0.717) is 19.3 Å². The van der Waals surface area contributed by atoms with Gasteiger partial charge in [-0.25, -0.2) is 0 Å². The van der Waals surface area contributed by atoms with Crippen LogP contribution in [-0.4, -0.2) is 37.2 Å². The molecular formula is C49H90O6. The van der Waals surface area contributed by atoms with Gasteiger partial charge in [-0.1, -0.05) is 206 Å². The molecule has 0 amide bonds. The second-order valence-corrected chi connectivity index (χ2v) is 16.0. The Balaban J connectivity index is 4.21. The predicted molar refractivity (Wildman–Crippen MR) is 233 cm³/mol. The van der Waals surface area contributed by atoms with Crippen molar-refractivity contribution in [2.75, 3.05) is 13.2 Å². The molecule has 0 aromatic rings. The standard InChI is InChI=1S/C49H90O6/c1-4-7-10-13-16-18-20-21-22-23-24-25-26-27-29-30-33-36-39-42-48(51)54-45-46(44-53-47(50)41-38-35-32-15-12-9-6-3)55-49(52)43-40-37-34-31-28-19-17-14-11-8-5-2/h16,18,21-22,46H,4-15,17,19-20,23-45H2,1-3H3/b18-16-,22-21-. The fourth-order valence-corrected chi connectivity index (χ4v) is 6.82. The van der Waals surface area contributed by atoms with Crippen LogP contribution in [0.5, 0.6) is 0 Å². The summed E-state index contributed by atoms with van der Waals surface area (Å²) in [7, 11) is 0. The van der Waals surface area contributed by atoms with Crippen LogP contribution in [0.15, 0.2) is 24.3 Å². The van der Waals surface area contributed by atoms with E-state index in [1.165, 1.54) is 148 Å². The Kier molecular flexibility index (Phi) is 42.9. The molecule has 0 aromatic heterocycles. The van der Waals surface area contributed by atoms with Crippen molar-refractivity contribution in [1.82, 2.24) is 0 Å². The van der Waals surface area contributed by atoms with Crippen LogP contribution < -0.4 is 0 Å². The highest BCUT2D eigenvalue weighted by molar-refractivity contribution is 5.71. The van der Waals surface area contributed by atoms with Gasteiger partial charge in [0.25, 0.3) is 0 Å². The molecule has 0 aliphatic heterocycles. The number of carbonyl (C=O) groups excluding carboxylic acids is 3. The van der Waals surface area contributed by atoms with E-state index >= 15 is 0 Å². The lowest BCUT2D eigenvalue weighted by molar-refractivity contribution is -0.167. The zero-order chi connectivity index (χ0) is 40.1. The minimum Gasteiger partial charge on any atom is -0.462 e. The van der Waals surface area contributed by atoms with Gasteiger partial charge in [0.2, 0.25) is 0 Å². The van der Waals surface area contributed by atoms with E-state index in [0.717, 1.165) is 64.2 Å². The Labute approximate surface area is 341 Å². The zero-order valence-electron chi connectivity index (χ0n) is 36.7. The van der Waals surface area contributed by atoms with Crippen LogP contribution in [0.25, 0.3) is 0 Å². The Bertz CT molecular complexity index is 896. The van der Waals surface area contributed by atoms with Gasteiger partial charge >= 0.3 is 17.9 Å². The van der Waals surface area contributed by atoms with Crippen molar-refractivity contribution in [3.8, 4) is 0 Å². The number of rotatable bonds is 43. The number of hydrogen-bond donors (Lipinski definition) is 0. The first-order chi connectivity index (χ1) is 27.0. The van der Waals surface area contributed by atoms with Gasteiger partial charge in [0.15, 0.2) is 6.10 Å². The normalized spacial score (nSPS) is 12.1. The van der Waals surface area contributed by atoms with Crippen LogP contribution in [0.4, 0.5) is 0 Å². The van der Waals surface area contributed by atoms with Crippen LogP contribution in [-0.2, 0) is 28.6 Å². The van der Waals surface area contributed by atoms with E-state index < -0.39 is 6.10 Å². The number of allylic oxidation sites excluding steroid dienone is 4. The second kappa shape index (κ2) is 44.6. The molecule has 0 aliphatic rings. The predicted octanol–water partition coefficient (Wildman–Crippen LogP) is 15.2. The van der Waals surface area contributed by atoms with Gasteiger partial charge in [0.1, 0.15) is 13.2 Å². The first kappa shape index (κ1) is 52.9. The van der Waals surface area contributed by atoms with Gasteiger partial charge in [-0.2, -0.15) is 0 Å². The van der Waals surface area contributed by atoms with Crippen molar-refractivity contribution in [2.24, 2.45) is 0 Å². The fraction of sp³-hybridized carbons (Fsp3) is 0.857. The molecule has 55 heavy (non-hydrogen) atoms. The highest BCUT2D eigenvalue weighted by Gasteiger charge is 2.19. The fourth-order valence-electron chi connectivity index (χ4n) is 6.82. The summed E-state index contributed by atoms with van der Waals surface area (Å²) in [4.78, 5) is 37.6. The van der Waals surface area contributed by atoms with Gasteiger partial charge in [0.05, 0.1) is 0 Å². The Hall–Kier alpha value is -2.11. The molecule has 0 rings (SSSR count). The lowest BCUT2D eigenvalue weighted by Crippen LogP contribution is -2.30. The van der Waals surface area contributed by atoms with Gasteiger partial charge in [-0.3, -0.25) is 14.4 Å². The molecule has 0 radical (unpaired) electrons. The average Bonchev–Trinajstić information content (AvgIpc) is 3.18. The van der Waals surface area contributed by atoms with E-state index in [4.69, 9.17) is 14.2 Å². The molecular weight excluding hydrogens is 685 g/mol. The average molecular weight is 775 g/mol. The lowest BCUT2D eigenvalue weighted by atomic mass is 10.1. The molecule has 0 N–H and O–H groups in total. The molecule has 0 aliphatic carbocycles. The van der Waals surface area contributed by atoms with E-state index in [1.54, 1.807) is 0 Å². The number of ether oxygens (including phenoxy) is 3. The monoisotopic (exact) mass is 775 g/mol. The molecule has 1 unspecified atom stereocenters. The molecule has 0 fully saturated rings. The number of unbranched alkanes of at least 4 members (excludes halogenated alkanes) is 28. The largest absolute Gasteiger partial charge is 0.462 e. The summed E-state index contributed by atoms with van der Waals surface area (Å²) in [6.07, 6.45) is 48.9. The van der Waals surface area contributed by atoms with E-state index in [-0.39, 0.29) is 31.1 Å². The summed E-state index contributed by atoms with van der Waals surface area (Å²) >= 11 is 0. The number of esters is 3. The Morgan fingerprint density at radius 3 is 1.04 bits per heavy atom. The minimum atomic E-state index is -0.763. The topological polar surface area (TPSA) is 78.9 Å². The molecule has 0 aromatic carbocycles. The van der Waals surface area contributed by atoms with Gasteiger partial charge in [-0.05, 0) is 51.4 Å². The molecule has 322 valence electrons. The molecule has 1 atom stereocenters.